The normalized spacial score (nSPS) is 12.1. The highest BCUT2D eigenvalue weighted by atomic mass is 79.9. The van der Waals surface area contributed by atoms with Crippen LogP contribution in [0, 0.1) is 0 Å². The number of carbonyl (C=O) groups excluding carboxylic acids is 1. The monoisotopic (exact) mass is 322 g/mol. The second-order valence-corrected chi connectivity index (χ2v) is 5.23. The Labute approximate surface area is 120 Å². The first-order valence-corrected chi connectivity index (χ1v) is 6.91. The van der Waals surface area contributed by atoms with Crippen LogP contribution in [-0.2, 0) is 6.42 Å². The van der Waals surface area contributed by atoms with E-state index in [0.717, 1.165) is 12.8 Å². The van der Waals surface area contributed by atoms with Gasteiger partial charge in [0.15, 0.2) is 0 Å². The smallest absolute Gasteiger partial charge is 0.290 e. The number of hydrogen-bond acceptors (Lipinski definition) is 3. The first-order chi connectivity index (χ1) is 9.15. The van der Waals surface area contributed by atoms with Gasteiger partial charge in [-0.15, -0.1) is 0 Å². The van der Waals surface area contributed by atoms with E-state index >= 15 is 0 Å². The number of rotatable bonds is 5. The quantitative estimate of drug-likeness (QED) is 0.919. The van der Waals surface area contributed by atoms with Gasteiger partial charge in [0.05, 0.1) is 0 Å². The van der Waals surface area contributed by atoms with Crippen molar-refractivity contribution in [3.63, 3.8) is 0 Å². The molecule has 1 aromatic carbocycles. The van der Waals surface area contributed by atoms with Crippen molar-refractivity contribution in [2.45, 2.75) is 25.8 Å². The van der Waals surface area contributed by atoms with Crippen LogP contribution in [0.4, 0.5) is 0 Å². The van der Waals surface area contributed by atoms with E-state index in [1.165, 1.54) is 5.56 Å². The third kappa shape index (κ3) is 4.21. The maximum absolute atomic E-state index is 11.8. The SMILES string of the molecule is CC(CCc1ccccc1)NC(=O)c1cc(Br)no1. The molecule has 1 unspecified atom stereocenters. The van der Waals surface area contributed by atoms with Gasteiger partial charge in [-0.25, -0.2) is 0 Å². The highest BCUT2D eigenvalue weighted by Crippen LogP contribution is 2.10. The summed E-state index contributed by atoms with van der Waals surface area (Å²) in [5, 5.41) is 6.51. The molecule has 1 aromatic heterocycles. The van der Waals surface area contributed by atoms with Gasteiger partial charge in [-0.3, -0.25) is 4.79 Å². The molecule has 2 aromatic rings. The lowest BCUT2D eigenvalue weighted by atomic mass is 10.1. The molecule has 0 spiro atoms. The summed E-state index contributed by atoms with van der Waals surface area (Å²) in [6.07, 6.45) is 1.81. The summed E-state index contributed by atoms with van der Waals surface area (Å²) < 4.78 is 5.40. The summed E-state index contributed by atoms with van der Waals surface area (Å²) in [5.41, 5.74) is 1.27. The average molecular weight is 323 g/mol. The minimum absolute atomic E-state index is 0.0802. The lowest BCUT2D eigenvalue weighted by Gasteiger charge is -2.12. The van der Waals surface area contributed by atoms with Gasteiger partial charge in [0.1, 0.15) is 4.60 Å². The highest BCUT2D eigenvalue weighted by Gasteiger charge is 2.14. The van der Waals surface area contributed by atoms with Crippen LogP contribution in [0.2, 0.25) is 0 Å². The van der Waals surface area contributed by atoms with Gasteiger partial charge >= 0.3 is 0 Å². The Bertz CT molecular complexity index is 539. The number of nitrogens with one attached hydrogen (secondary N) is 1. The summed E-state index contributed by atoms with van der Waals surface area (Å²) in [4.78, 5) is 11.8. The predicted octanol–water partition coefficient (Wildman–Crippen LogP) is 3.19. The molecule has 0 radical (unpaired) electrons. The van der Waals surface area contributed by atoms with Crippen molar-refractivity contribution in [3.8, 4) is 0 Å². The van der Waals surface area contributed by atoms with E-state index in [1.807, 2.05) is 25.1 Å². The molecule has 0 aliphatic heterocycles. The second-order valence-electron chi connectivity index (χ2n) is 4.41. The molecule has 0 saturated heterocycles. The number of amides is 1. The Balaban J connectivity index is 1.81. The fourth-order valence-corrected chi connectivity index (χ4v) is 2.04. The highest BCUT2D eigenvalue weighted by molar-refractivity contribution is 9.10. The summed E-state index contributed by atoms with van der Waals surface area (Å²) in [7, 11) is 0. The maximum Gasteiger partial charge on any atom is 0.290 e. The fraction of sp³-hybridized carbons (Fsp3) is 0.286. The van der Waals surface area contributed by atoms with E-state index < -0.39 is 0 Å². The Morgan fingerprint density at radius 2 is 2.16 bits per heavy atom. The van der Waals surface area contributed by atoms with Crippen molar-refractivity contribution in [1.82, 2.24) is 10.5 Å². The largest absolute Gasteiger partial charge is 0.350 e. The van der Waals surface area contributed by atoms with Gasteiger partial charge < -0.3 is 9.84 Å². The second kappa shape index (κ2) is 6.52. The maximum atomic E-state index is 11.8. The van der Waals surface area contributed by atoms with Crippen molar-refractivity contribution in [2.75, 3.05) is 0 Å². The van der Waals surface area contributed by atoms with E-state index in [2.05, 4.69) is 38.5 Å². The Morgan fingerprint density at radius 1 is 1.42 bits per heavy atom. The van der Waals surface area contributed by atoms with Gasteiger partial charge in [0.2, 0.25) is 5.76 Å². The van der Waals surface area contributed by atoms with Gasteiger partial charge in [-0.2, -0.15) is 0 Å². The van der Waals surface area contributed by atoms with E-state index in [-0.39, 0.29) is 17.7 Å². The molecule has 5 heteroatoms. The first kappa shape index (κ1) is 13.8. The van der Waals surface area contributed by atoms with Gasteiger partial charge in [-0.05, 0) is 41.3 Å². The molecule has 1 heterocycles. The minimum atomic E-state index is -0.237. The standard InChI is InChI=1S/C14H15BrN2O2/c1-10(7-8-11-5-3-2-4-6-11)16-14(18)12-9-13(15)17-19-12/h2-6,9-10H,7-8H2,1H3,(H,16,18). The summed E-state index contributed by atoms with van der Waals surface area (Å²) >= 11 is 3.14. The molecule has 100 valence electrons. The Morgan fingerprint density at radius 3 is 2.79 bits per heavy atom. The molecule has 0 bridgehead atoms. The van der Waals surface area contributed by atoms with Gasteiger partial charge in [0, 0.05) is 12.1 Å². The summed E-state index contributed by atoms with van der Waals surface area (Å²) in [6, 6.07) is 11.8. The Hall–Kier alpha value is -1.62. The number of aromatic nitrogens is 1. The van der Waals surface area contributed by atoms with Crippen LogP contribution < -0.4 is 5.32 Å². The number of benzene rings is 1. The molecule has 4 nitrogen and oxygen atoms in total. The van der Waals surface area contributed by atoms with E-state index in [4.69, 9.17) is 4.52 Å². The Kier molecular flexibility index (Phi) is 4.74. The lowest BCUT2D eigenvalue weighted by molar-refractivity contribution is 0.0901. The zero-order valence-electron chi connectivity index (χ0n) is 10.6. The topological polar surface area (TPSA) is 55.1 Å². The van der Waals surface area contributed by atoms with Crippen molar-refractivity contribution in [2.24, 2.45) is 0 Å². The summed E-state index contributed by atoms with van der Waals surface area (Å²) in [6.45, 7) is 1.98. The van der Waals surface area contributed by atoms with Gasteiger partial charge in [0.25, 0.3) is 5.91 Å². The lowest BCUT2D eigenvalue weighted by Crippen LogP contribution is -2.32. The zero-order valence-corrected chi connectivity index (χ0v) is 12.2. The van der Waals surface area contributed by atoms with E-state index in [1.54, 1.807) is 6.07 Å². The summed E-state index contributed by atoms with van der Waals surface area (Å²) in [5.74, 6) is -0.0165. The molecule has 1 atom stereocenters. The van der Waals surface area contributed by atoms with Crippen molar-refractivity contribution in [1.29, 1.82) is 0 Å². The van der Waals surface area contributed by atoms with Crippen molar-refractivity contribution in [3.05, 3.63) is 52.3 Å². The average Bonchev–Trinajstić information content (AvgIpc) is 2.84. The third-order valence-corrected chi connectivity index (χ3v) is 3.17. The number of nitrogens with zero attached hydrogens (tertiary/aromatic N) is 1. The predicted molar refractivity (Wildman–Crippen MR) is 75.9 cm³/mol. The van der Waals surface area contributed by atoms with Crippen LogP contribution in [0.15, 0.2) is 45.5 Å². The van der Waals surface area contributed by atoms with E-state index in [9.17, 15) is 4.79 Å². The molecule has 0 saturated carbocycles. The van der Waals surface area contributed by atoms with Crippen LogP contribution in [0.1, 0.15) is 29.5 Å². The molecule has 0 aliphatic rings. The van der Waals surface area contributed by atoms with Crippen LogP contribution in [0.25, 0.3) is 0 Å². The number of halogens is 1. The molecule has 2 rings (SSSR count). The van der Waals surface area contributed by atoms with Crippen molar-refractivity contribution >= 4 is 21.8 Å². The van der Waals surface area contributed by atoms with Crippen LogP contribution in [0.5, 0.6) is 0 Å². The molecule has 1 amide bonds. The van der Waals surface area contributed by atoms with Crippen molar-refractivity contribution < 1.29 is 9.32 Å². The number of aryl methyl sites for hydroxylation is 1. The third-order valence-electron chi connectivity index (χ3n) is 2.79. The fourth-order valence-electron chi connectivity index (χ4n) is 1.76. The molecule has 1 N–H and O–H groups in total. The molecule has 19 heavy (non-hydrogen) atoms. The number of hydrogen-bond donors (Lipinski definition) is 1. The van der Waals surface area contributed by atoms with Crippen LogP contribution >= 0.6 is 15.9 Å². The molecular formula is C14H15BrN2O2. The molecule has 0 fully saturated rings. The van der Waals surface area contributed by atoms with Crippen LogP contribution in [-0.4, -0.2) is 17.1 Å². The number of carbonyl (C=O) groups is 1. The zero-order chi connectivity index (χ0) is 13.7. The van der Waals surface area contributed by atoms with Crippen LogP contribution in [0.3, 0.4) is 0 Å². The van der Waals surface area contributed by atoms with E-state index in [0.29, 0.717) is 4.60 Å². The molecular weight excluding hydrogens is 308 g/mol. The minimum Gasteiger partial charge on any atom is -0.350 e. The molecule has 0 aliphatic carbocycles. The first-order valence-electron chi connectivity index (χ1n) is 6.12. The van der Waals surface area contributed by atoms with Gasteiger partial charge in [-0.1, -0.05) is 35.5 Å².